The summed E-state index contributed by atoms with van der Waals surface area (Å²) in [6.07, 6.45) is 2.01. The van der Waals surface area contributed by atoms with Gasteiger partial charge in [0.15, 0.2) is 6.61 Å². The van der Waals surface area contributed by atoms with Gasteiger partial charge < -0.3 is 19.2 Å². The molecule has 0 saturated heterocycles. The van der Waals surface area contributed by atoms with Crippen LogP contribution in [-0.4, -0.2) is 55.5 Å². The quantitative estimate of drug-likeness (QED) is 0.379. The summed E-state index contributed by atoms with van der Waals surface area (Å²) < 4.78 is 15.2. The summed E-state index contributed by atoms with van der Waals surface area (Å²) in [5.41, 5.74) is 0.460. The van der Waals surface area contributed by atoms with Gasteiger partial charge >= 0.3 is 5.97 Å². The highest BCUT2D eigenvalue weighted by Crippen LogP contribution is 2.24. The van der Waals surface area contributed by atoms with E-state index in [-0.39, 0.29) is 29.3 Å². The maximum atomic E-state index is 12.5. The molecule has 0 unspecified atom stereocenters. The second-order valence-electron chi connectivity index (χ2n) is 6.75. The van der Waals surface area contributed by atoms with Crippen LogP contribution in [0.25, 0.3) is 0 Å². The zero-order valence-corrected chi connectivity index (χ0v) is 16.7. The minimum Gasteiger partial charge on any atom is -0.467 e. The van der Waals surface area contributed by atoms with E-state index in [1.54, 1.807) is 19.1 Å². The van der Waals surface area contributed by atoms with E-state index in [0.717, 1.165) is 4.90 Å². The highest BCUT2D eigenvalue weighted by molar-refractivity contribution is 6.21. The molecule has 1 N–H and O–H groups in total. The lowest BCUT2D eigenvalue weighted by molar-refractivity contribution is -0.125. The number of fused-ring (bicyclic) bond motifs is 1. The largest absolute Gasteiger partial charge is 0.467 e. The van der Waals surface area contributed by atoms with Crippen LogP contribution in [0.3, 0.4) is 0 Å². The number of esters is 1. The number of nitrogens with one attached hydrogen (secondary N) is 1. The number of imide groups is 1. The van der Waals surface area contributed by atoms with Crippen LogP contribution in [0, 0.1) is 0 Å². The monoisotopic (exact) mass is 414 g/mol. The van der Waals surface area contributed by atoms with Crippen molar-refractivity contribution in [2.24, 2.45) is 0 Å². The summed E-state index contributed by atoms with van der Waals surface area (Å²) in [5.74, 6) is -1.56. The third-order valence-electron chi connectivity index (χ3n) is 4.62. The number of hydrogen-bond acceptors (Lipinski definition) is 7. The second-order valence-corrected chi connectivity index (χ2v) is 6.75. The first-order valence-corrected chi connectivity index (χ1v) is 9.41. The van der Waals surface area contributed by atoms with Crippen molar-refractivity contribution in [3.63, 3.8) is 0 Å². The molecule has 30 heavy (non-hydrogen) atoms. The molecule has 1 aliphatic heterocycles. The van der Waals surface area contributed by atoms with Crippen molar-refractivity contribution in [1.82, 2.24) is 10.2 Å². The van der Waals surface area contributed by atoms with E-state index in [1.807, 2.05) is 0 Å². The van der Waals surface area contributed by atoms with Crippen LogP contribution in [0.4, 0.5) is 0 Å². The molecule has 0 spiro atoms. The van der Waals surface area contributed by atoms with Crippen LogP contribution in [0.5, 0.6) is 0 Å². The lowest BCUT2D eigenvalue weighted by Gasteiger charge is -2.12. The Kier molecular flexibility index (Phi) is 6.63. The van der Waals surface area contributed by atoms with Gasteiger partial charge in [-0.05, 0) is 43.7 Å². The molecule has 1 aliphatic rings. The number of rotatable bonds is 9. The van der Waals surface area contributed by atoms with Crippen molar-refractivity contribution < 1.29 is 33.1 Å². The molecule has 0 saturated carbocycles. The number of carbonyl (C=O) groups is 4. The molecule has 158 valence electrons. The van der Waals surface area contributed by atoms with Gasteiger partial charge in [0.1, 0.15) is 5.76 Å². The standard InChI is InChI=1S/C21H22N2O7/c1-13(17-5-3-10-29-17)22-18(24)12-30-21(27)14-6-7-15-16(11-14)20(26)23(19(15)25)8-4-9-28-2/h3,5-7,10-11,13H,4,8-9,12H2,1-2H3,(H,22,24)/t13-/m1/s1. The Morgan fingerprint density at radius 2 is 1.93 bits per heavy atom. The molecule has 0 radical (unpaired) electrons. The fraction of sp³-hybridized carbons (Fsp3) is 0.333. The maximum absolute atomic E-state index is 12.5. The molecular formula is C21H22N2O7. The van der Waals surface area contributed by atoms with Gasteiger partial charge in [0.05, 0.1) is 29.0 Å². The third kappa shape index (κ3) is 4.57. The van der Waals surface area contributed by atoms with Gasteiger partial charge in [-0.15, -0.1) is 0 Å². The minimum atomic E-state index is -0.767. The van der Waals surface area contributed by atoms with E-state index >= 15 is 0 Å². The van der Waals surface area contributed by atoms with E-state index in [2.05, 4.69) is 5.32 Å². The Labute approximate surface area is 172 Å². The van der Waals surface area contributed by atoms with Gasteiger partial charge in [0.25, 0.3) is 17.7 Å². The summed E-state index contributed by atoms with van der Waals surface area (Å²) in [6, 6.07) is 7.18. The van der Waals surface area contributed by atoms with Crippen molar-refractivity contribution >= 4 is 23.7 Å². The van der Waals surface area contributed by atoms with Crippen molar-refractivity contribution in [2.45, 2.75) is 19.4 Å². The molecule has 1 aromatic carbocycles. The van der Waals surface area contributed by atoms with Crippen molar-refractivity contribution in [3.8, 4) is 0 Å². The SMILES string of the molecule is COCCCN1C(=O)c2ccc(C(=O)OCC(=O)N[C@H](C)c3ccco3)cc2C1=O. The lowest BCUT2D eigenvalue weighted by atomic mass is 10.1. The normalized spacial score (nSPS) is 13.9. The average molecular weight is 414 g/mol. The highest BCUT2D eigenvalue weighted by atomic mass is 16.5. The number of methoxy groups -OCH3 is 1. The third-order valence-corrected chi connectivity index (χ3v) is 4.62. The summed E-state index contributed by atoms with van der Waals surface area (Å²) >= 11 is 0. The number of nitrogens with zero attached hydrogens (tertiary/aromatic N) is 1. The molecule has 0 aliphatic carbocycles. The van der Waals surface area contributed by atoms with Crippen LogP contribution in [0.15, 0.2) is 41.0 Å². The molecule has 3 amide bonds. The van der Waals surface area contributed by atoms with Crippen LogP contribution in [0.2, 0.25) is 0 Å². The van der Waals surface area contributed by atoms with Crippen molar-refractivity contribution in [1.29, 1.82) is 0 Å². The van der Waals surface area contributed by atoms with Crippen LogP contribution >= 0.6 is 0 Å². The summed E-state index contributed by atoms with van der Waals surface area (Å²) in [6.45, 7) is 1.90. The molecule has 2 heterocycles. The molecule has 1 atom stereocenters. The highest BCUT2D eigenvalue weighted by Gasteiger charge is 2.35. The molecule has 0 bridgehead atoms. The second kappa shape index (κ2) is 9.36. The molecular weight excluding hydrogens is 392 g/mol. The fourth-order valence-corrected chi connectivity index (χ4v) is 3.09. The van der Waals surface area contributed by atoms with E-state index in [1.165, 1.54) is 31.6 Å². The van der Waals surface area contributed by atoms with Gasteiger partial charge in [0.2, 0.25) is 0 Å². The smallest absolute Gasteiger partial charge is 0.338 e. The fourth-order valence-electron chi connectivity index (χ4n) is 3.09. The van der Waals surface area contributed by atoms with Gasteiger partial charge in [-0.2, -0.15) is 0 Å². The minimum absolute atomic E-state index is 0.0838. The number of carbonyl (C=O) groups excluding carboxylic acids is 4. The predicted octanol–water partition coefficient (Wildman–Crippen LogP) is 1.95. The van der Waals surface area contributed by atoms with Crippen molar-refractivity contribution in [2.75, 3.05) is 26.9 Å². The predicted molar refractivity (Wildman–Crippen MR) is 104 cm³/mol. The van der Waals surface area contributed by atoms with Gasteiger partial charge in [-0.25, -0.2) is 4.79 Å². The zero-order chi connectivity index (χ0) is 21.7. The van der Waals surface area contributed by atoms with E-state index < -0.39 is 30.3 Å². The van der Waals surface area contributed by atoms with Crippen LogP contribution in [0.1, 0.15) is 56.2 Å². The zero-order valence-electron chi connectivity index (χ0n) is 16.7. The first kappa shape index (κ1) is 21.3. The van der Waals surface area contributed by atoms with Gasteiger partial charge in [-0.1, -0.05) is 0 Å². The van der Waals surface area contributed by atoms with Gasteiger partial charge in [0, 0.05) is 20.3 Å². The number of furan rings is 1. The van der Waals surface area contributed by atoms with Gasteiger partial charge in [-0.3, -0.25) is 19.3 Å². The molecule has 3 rings (SSSR count). The van der Waals surface area contributed by atoms with Crippen molar-refractivity contribution in [3.05, 3.63) is 59.0 Å². The van der Waals surface area contributed by atoms with E-state index in [9.17, 15) is 19.2 Å². The lowest BCUT2D eigenvalue weighted by Crippen LogP contribution is -2.31. The Morgan fingerprint density at radius 1 is 1.17 bits per heavy atom. The van der Waals surface area contributed by atoms with Crippen LogP contribution < -0.4 is 5.32 Å². The summed E-state index contributed by atoms with van der Waals surface area (Å²) in [4.78, 5) is 50.3. The number of benzene rings is 1. The first-order chi connectivity index (χ1) is 14.4. The Balaban J connectivity index is 1.58. The topological polar surface area (TPSA) is 115 Å². The molecule has 9 nitrogen and oxygen atoms in total. The molecule has 9 heteroatoms. The summed E-state index contributed by atoms with van der Waals surface area (Å²) in [5, 5.41) is 2.65. The number of hydrogen-bond donors (Lipinski definition) is 1. The molecule has 1 aromatic heterocycles. The Hall–Kier alpha value is -3.46. The maximum Gasteiger partial charge on any atom is 0.338 e. The number of ether oxygens (including phenoxy) is 2. The van der Waals surface area contributed by atoms with E-state index in [0.29, 0.717) is 18.8 Å². The van der Waals surface area contributed by atoms with Crippen LogP contribution in [-0.2, 0) is 14.3 Å². The Bertz CT molecular complexity index is 952. The van der Waals surface area contributed by atoms with E-state index in [4.69, 9.17) is 13.9 Å². The Morgan fingerprint density at radius 3 is 2.63 bits per heavy atom. The first-order valence-electron chi connectivity index (χ1n) is 9.41. The summed E-state index contributed by atoms with van der Waals surface area (Å²) in [7, 11) is 1.54. The number of amides is 3. The molecule has 0 fully saturated rings. The molecule has 2 aromatic rings. The average Bonchev–Trinajstić information content (AvgIpc) is 3.35.